The first kappa shape index (κ1) is 36.5. The third kappa shape index (κ3) is 6.46. The maximum absolute atomic E-state index is 6.26. The Labute approximate surface area is 366 Å². The topological polar surface area (TPSA) is 21.3 Å². The van der Waals surface area contributed by atoms with E-state index in [9.17, 15) is 0 Å². The predicted octanol–water partition coefficient (Wildman–Crippen LogP) is 16.8. The molecule has 0 fully saturated rings. The summed E-state index contributed by atoms with van der Waals surface area (Å²) in [5.41, 5.74) is 18.0. The van der Waals surface area contributed by atoms with Gasteiger partial charge >= 0.3 is 0 Å². The van der Waals surface area contributed by atoms with Crippen LogP contribution < -0.4 is 4.90 Å². The normalized spacial score (nSPS) is 11.5. The van der Waals surface area contributed by atoms with Crippen LogP contribution in [0.5, 0.6) is 0 Å². The highest BCUT2D eigenvalue weighted by atomic mass is 16.3. The second-order valence-corrected chi connectivity index (χ2v) is 16.1. The van der Waals surface area contributed by atoms with E-state index in [0.717, 1.165) is 61.4 Å². The number of para-hydroxylation sites is 3. The van der Waals surface area contributed by atoms with Gasteiger partial charge in [0.2, 0.25) is 0 Å². The lowest BCUT2D eigenvalue weighted by Crippen LogP contribution is -2.09. The average Bonchev–Trinajstić information content (AvgIpc) is 3.91. The third-order valence-corrected chi connectivity index (χ3v) is 12.4. The van der Waals surface area contributed by atoms with Gasteiger partial charge in [-0.25, -0.2) is 0 Å². The van der Waals surface area contributed by atoms with Crippen molar-refractivity contribution < 1.29 is 4.42 Å². The molecule has 296 valence electrons. The number of nitrogens with zero attached hydrogens (tertiary/aromatic N) is 2. The van der Waals surface area contributed by atoms with Crippen LogP contribution in [-0.4, -0.2) is 4.57 Å². The summed E-state index contributed by atoms with van der Waals surface area (Å²) in [6, 6.07) is 87.1. The molecule has 12 aromatic rings. The summed E-state index contributed by atoms with van der Waals surface area (Å²) in [7, 11) is 0. The van der Waals surface area contributed by atoms with Crippen LogP contribution in [0.1, 0.15) is 0 Å². The number of aromatic nitrogens is 1. The van der Waals surface area contributed by atoms with E-state index >= 15 is 0 Å². The fourth-order valence-corrected chi connectivity index (χ4v) is 9.38. The molecule has 0 radical (unpaired) electrons. The molecule has 0 saturated carbocycles. The molecule has 2 heterocycles. The van der Waals surface area contributed by atoms with Crippen molar-refractivity contribution >= 4 is 60.8 Å². The molecule has 0 aliphatic rings. The van der Waals surface area contributed by atoms with Gasteiger partial charge in [-0.05, 0) is 123 Å². The number of fused-ring (bicyclic) bond motifs is 6. The molecular weight excluding hydrogens is 765 g/mol. The molecule has 63 heavy (non-hydrogen) atoms. The predicted molar refractivity (Wildman–Crippen MR) is 264 cm³/mol. The first-order valence-electron chi connectivity index (χ1n) is 21.5. The van der Waals surface area contributed by atoms with Crippen molar-refractivity contribution in [3.05, 3.63) is 243 Å². The molecule has 0 amide bonds. The van der Waals surface area contributed by atoms with Crippen molar-refractivity contribution in [1.29, 1.82) is 0 Å². The Kier molecular flexibility index (Phi) is 8.83. The van der Waals surface area contributed by atoms with Gasteiger partial charge in [0.05, 0.1) is 11.0 Å². The van der Waals surface area contributed by atoms with E-state index in [1.807, 2.05) is 12.1 Å². The summed E-state index contributed by atoms with van der Waals surface area (Å²) < 4.78 is 8.64. The van der Waals surface area contributed by atoms with Crippen molar-refractivity contribution in [2.24, 2.45) is 0 Å². The van der Waals surface area contributed by atoms with Crippen molar-refractivity contribution in [2.45, 2.75) is 0 Å². The van der Waals surface area contributed by atoms with Gasteiger partial charge in [-0.3, -0.25) is 0 Å². The minimum absolute atomic E-state index is 0.897. The fourth-order valence-electron chi connectivity index (χ4n) is 9.38. The van der Waals surface area contributed by atoms with Crippen molar-refractivity contribution in [1.82, 2.24) is 4.57 Å². The van der Waals surface area contributed by atoms with Gasteiger partial charge in [0.1, 0.15) is 11.2 Å². The van der Waals surface area contributed by atoms with Crippen LogP contribution in [0.4, 0.5) is 17.1 Å². The highest BCUT2D eigenvalue weighted by molar-refractivity contribution is 6.09. The van der Waals surface area contributed by atoms with E-state index in [2.05, 4.69) is 240 Å². The lowest BCUT2D eigenvalue weighted by atomic mass is 9.94. The van der Waals surface area contributed by atoms with Crippen molar-refractivity contribution in [3.63, 3.8) is 0 Å². The van der Waals surface area contributed by atoms with Crippen LogP contribution in [0.2, 0.25) is 0 Å². The second-order valence-electron chi connectivity index (χ2n) is 16.1. The van der Waals surface area contributed by atoms with Crippen LogP contribution in [0.15, 0.2) is 247 Å². The molecule has 0 aliphatic heterocycles. The summed E-state index contributed by atoms with van der Waals surface area (Å²) in [5, 5.41) is 4.80. The van der Waals surface area contributed by atoms with Gasteiger partial charge in [-0.15, -0.1) is 0 Å². The number of benzene rings is 10. The molecule has 0 N–H and O–H groups in total. The van der Waals surface area contributed by atoms with E-state index in [-0.39, 0.29) is 0 Å². The van der Waals surface area contributed by atoms with Crippen LogP contribution >= 0.6 is 0 Å². The molecule has 12 rings (SSSR count). The number of hydrogen-bond acceptors (Lipinski definition) is 2. The Hall–Kier alpha value is -8.40. The Balaban J connectivity index is 0.918. The maximum Gasteiger partial charge on any atom is 0.136 e. The quantitative estimate of drug-likeness (QED) is 0.153. The molecule has 0 atom stereocenters. The van der Waals surface area contributed by atoms with Gasteiger partial charge < -0.3 is 13.9 Å². The molecule has 0 unspecified atom stereocenters. The van der Waals surface area contributed by atoms with Gasteiger partial charge in [-0.2, -0.15) is 0 Å². The number of hydrogen-bond donors (Lipinski definition) is 0. The third-order valence-electron chi connectivity index (χ3n) is 12.4. The van der Waals surface area contributed by atoms with E-state index in [1.165, 1.54) is 49.6 Å². The Morgan fingerprint density at radius 3 is 1.35 bits per heavy atom. The summed E-state index contributed by atoms with van der Waals surface area (Å²) in [4.78, 5) is 2.34. The number of anilines is 3. The zero-order chi connectivity index (χ0) is 41.7. The van der Waals surface area contributed by atoms with Crippen LogP contribution in [-0.2, 0) is 0 Å². The Bertz CT molecular complexity index is 3550. The second kappa shape index (κ2) is 15.3. The van der Waals surface area contributed by atoms with Crippen molar-refractivity contribution in [2.75, 3.05) is 4.90 Å². The number of furan rings is 1. The van der Waals surface area contributed by atoms with Gasteiger partial charge in [0, 0.05) is 44.3 Å². The van der Waals surface area contributed by atoms with Crippen LogP contribution in [0.3, 0.4) is 0 Å². The van der Waals surface area contributed by atoms with E-state index < -0.39 is 0 Å². The zero-order valence-corrected chi connectivity index (χ0v) is 34.4. The molecule has 2 aromatic heterocycles. The van der Waals surface area contributed by atoms with Gasteiger partial charge in [0.15, 0.2) is 0 Å². The fraction of sp³-hybridized carbons (Fsp3) is 0. The largest absolute Gasteiger partial charge is 0.456 e. The minimum atomic E-state index is 0.897. The summed E-state index contributed by atoms with van der Waals surface area (Å²) >= 11 is 0. The Morgan fingerprint density at radius 1 is 0.286 bits per heavy atom. The minimum Gasteiger partial charge on any atom is -0.456 e. The lowest BCUT2D eigenvalue weighted by molar-refractivity contribution is 0.669. The molecule has 10 aromatic carbocycles. The molecular formula is C60H40N2O. The number of rotatable bonds is 8. The zero-order valence-electron chi connectivity index (χ0n) is 34.4. The summed E-state index contributed by atoms with van der Waals surface area (Å²) in [5.74, 6) is 0. The summed E-state index contributed by atoms with van der Waals surface area (Å²) in [6.07, 6.45) is 0. The standard InChI is InChI=1S/C60H40N2O/c1-2-13-43(14-3-1)51-17-4-5-18-52(51)44-29-36-49(37-30-44)61(48-34-27-42(28-35-48)46-31-38-56-55-21-8-11-24-59(55)63-60(56)40-46)47-32-25-41(26-33-47)45-15-12-16-50(39-45)62-57-22-9-6-19-53(57)54-20-7-10-23-58(54)62/h1-40H. The lowest BCUT2D eigenvalue weighted by Gasteiger charge is -2.26. The van der Waals surface area contributed by atoms with E-state index in [1.54, 1.807) is 0 Å². The highest BCUT2D eigenvalue weighted by Crippen LogP contribution is 2.40. The molecule has 0 saturated heterocycles. The molecule has 0 bridgehead atoms. The first-order valence-corrected chi connectivity index (χ1v) is 21.5. The molecule has 0 aliphatic carbocycles. The average molecular weight is 805 g/mol. The Morgan fingerprint density at radius 2 is 0.730 bits per heavy atom. The van der Waals surface area contributed by atoms with Crippen LogP contribution in [0, 0.1) is 0 Å². The molecule has 3 heteroatoms. The van der Waals surface area contributed by atoms with Gasteiger partial charge in [0.25, 0.3) is 0 Å². The smallest absolute Gasteiger partial charge is 0.136 e. The van der Waals surface area contributed by atoms with Crippen LogP contribution in [0.25, 0.3) is 93.9 Å². The summed E-state index contributed by atoms with van der Waals surface area (Å²) in [6.45, 7) is 0. The van der Waals surface area contributed by atoms with Crippen molar-refractivity contribution in [3.8, 4) is 50.2 Å². The maximum atomic E-state index is 6.26. The molecule has 3 nitrogen and oxygen atoms in total. The van der Waals surface area contributed by atoms with Gasteiger partial charge in [-0.1, -0.05) is 164 Å². The highest BCUT2D eigenvalue weighted by Gasteiger charge is 2.17. The van der Waals surface area contributed by atoms with E-state index in [4.69, 9.17) is 4.42 Å². The SMILES string of the molecule is c1ccc(-c2ccccc2-c2ccc(N(c3ccc(-c4cccc(-n5c6ccccc6c6ccccc65)c4)cc3)c3ccc(-c4ccc5c(c4)oc4ccccc45)cc3)cc2)cc1. The monoisotopic (exact) mass is 804 g/mol. The molecule has 0 spiro atoms. The first-order chi connectivity index (χ1) is 31.2. The van der Waals surface area contributed by atoms with E-state index in [0.29, 0.717) is 0 Å².